The molecule has 2 N–H and O–H groups in total. The van der Waals surface area contributed by atoms with Gasteiger partial charge in [-0.05, 0) is 42.6 Å². The van der Waals surface area contributed by atoms with Crippen molar-refractivity contribution < 1.29 is 4.79 Å². The fourth-order valence-electron chi connectivity index (χ4n) is 3.98. The van der Waals surface area contributed by atoms with Crippen molar-refractivity contribution in [2.75, 3.05) is 0 Å². The van der Waals surface area contributed by atoms with Gasteiger partial charge in [0.15, 0.2) is 5.69 Å². The molecule has 7 heteroatoms. The molecule has 32 heavy (non-hydrogen) atoms. The molecule has 0 saturated heterocycles. The predicted octanol–water partition coefficient (Wildman–Crippen LogP) is 5.01. The largest absolute Gasteiger partial charge is 0.343 e. The molecule has 0 radical (unpaired) electrons. The van der Waals surface area contributed by atoms with E-state index in [1.165, 1.54) is 0 Å². The van der Waals surface area contributed by atoms with Crippen LogP contribution in [0.3, 0.4) is 0 Å². The molecule has 0 fully saturated rings. The van der Waals surface area contributed by atoms with E-state index in [1.54, 1.807) is 16.7 Å². The van der Waals surface area contributed by atoms with Gasteiger partial charge in [-0.2, -0.15) is 5.10 Å². The first kappa shape index (κ1) is 20.0. The Labute approximate surface area is 188 Å². The maximum Gasteiger partial charge on any atom is 0.272 e. The molecule has 0 aliphatic carbocycles. The number of aromatic amines is 1. The second-order valence-electron chi connectivity index (χ2n) is 7.56. The van der Waals surface area contributed by atoms with E-state index >= 15 is 0 Å². The fraction of sp³-hybridized carbons (Fsp3) is 0.0800. The minimum atomic E-state index is -0.478. The summed E-state index contributed by atoms with van der Waals surface area (Å²) >= 11 is 6.37. The van der Waals surface area contributed by atoms with Crippen LogP contribution in [0.25, 0.3) is 27.4 Å². The average molecular weight is 443 g/mol. The van der Waals surface area contributed by atoms with Gasteiger partial charge in [-0.3, -0.25) is 19.3 Å². The molecule has 3 aromatic carbocycles. The summed E-state index contributed by atoms with van der Waals surface area (Å²) < 4.78 is 1.60. The van der Waals surface area contributed by atoms with E-state index in [1.807, 2.05) is 73.7 Å². The van der Waals surface area contributed by atoms with Gasteiger partial charge in [0.25, 0.3) is 11.5 Å². The number of amides is 1. The van der Waals surface area contributed by atoms with Crippen LogP contribution < -0.4 is 10.9 Å². The highest BCUT2D eigenvalue weighted by atomic mass is 35.5. The maximum absolute atomic E-state index is 13.5. The number of nitrogens with zero attached hydrogens (tertiary/aromatic N) is 2. The lowest BCUT2D eigenvalue weighted by Crippen LogP contribution is -2.32. The molecule has 2 heterocycles. The molecule has 0 spiro atoms. The Kier molecular flexibility index (Phi) is 4.99. The first-order valence-corrected chi connectivity index (χ1v) is 10.6. The number of carbonyl (C=O) groups is 1. The van der Waals surface area contributed by atoms with Crippen molar-refractivity contribution in [3.63, 3.8) is 0 Å². The number of hydrogen-bond acceptors (Lipinski definition) is 3. The Bertz CT molecular complexity index is 1520. The summed E-state index contributed by atoms with van der Waals surface area (Å²) in [4.78, 5) is 26.6. The Morgan fingerprint density at radius 2 is 1.78 bits per heavy atom. The van der Waals surface area contributed by atoms with Gasteiger partial charge in [0.05, 0.1) is 22.0 Å². The Morgan fingerprint density at radius 1 is 1.03 bits per heavy atom. The zero-order chi connectivity index (χ0) is 22.2. The average Bonchev–Trinajstić information content (AvgIpc) is 3.24. The van der Waals surface area contributed by atoms with Gasteiger partial charge in [-0.15, -0.1) is 0 Å². The monoisotopic (exact) mass is 442 g/mol. The maximum atomic E-state index is 13.5. The molecule has 0 aliphatic heterocycles. The highest BCUT2D eigenvalue weighted by Crippen LogP contribution is 2.26. The summed E-state index contributed by atoms with van der Waals surface area (Å²) in [6, 6.07) is 23.5. The molecule has 6 nitrogen and oxygen atoms in total. The summed E-state index contributed by atoms with van der Waals surface area (Å²) in [5, 5.41) is 12.3. The van der Waals surface area contributed by atoms with Gasteiger partial charge >= 0.3 is 0 Å². The van der Waals surface area contributed by atoms with E-state index in [0.29, 0.717) is 27.5 Å². The summed E-state index contributed by atoms with van der Waals surface area (Å²) in [5.74, 6) is -0.326. The van der Waals surface area contributed by atoms with Crippen LogP contribution in [0.15, 0.2) is 83.7 Å². The van der Waals surface area contributed by atoms with Crippen molar-refractivity contribution in [3.05, 3.63) is 106 Å². The predicted molar refractivity (Wildman–Crippen MR) is 127 cm³/mol. The number of benzene rings is 3. The van der Waals surface area contributed by atoms with E-state index in [4.69, 9.17) is 11.6 Å². The number of halogens is 1. The molecular formula is C25H19ClN4O2. The second kappa shape index (κ2) is 7.98. The number of hydrogen-bond donors (Lipinski definition) is 2. The number of pyridine rings is 1. The van der Waals surface area contributed by atoms with Gasteiger partial charge in [0, 0.05) is 16.8 Å². The Morgan fingerprint density at radius 3 is 2.59 bits per heavy atom. The molecule has 0 aliphatic rings. The molecule has 0 bridgehead atoms. The van der Waals surface area contributed by atoms with E-state index in [9.17, 15) is 9.59 Å². The molecule has 0 unspecified atom stereocenters. The fourth-order valence-corrected chi connectivity index (χ4v) is 4.24. The van der Waals surface area contributed by atoms with E-state index in [2.05, 4.69) is 15.5 Å². The molecule has 1 atom stereocenters. The number of nitrogens with one attached hydrogen (secondary N) is 2. The molecule has 0 saturated carbocycles. The third kappa shape index (κ3) is 3.35. The first-order chi connectivity index (χ1) is 15.5. The van der Waals surface area contributed by atoms with Crippen molar-refractivity contribution in [1.82, 2.24) is 20.1 Å². The van der Waals surface area contributed by atoms with Gasteiger partial charge in [-0.25, -0.2) is 0 Å². The van der Waals surface area contributed by atoms with Crippen LogP contribution in [0.4, 0.5) is 0 Å². The third-order valence-corrected chi connectivity index (χ3v) is 5.83. The van der Waals surface area contributed by atoms with Crippen LogP contribution in [0.5, 0.6) is 0 Å². The van der Waals surface area contributed by atoms with Crippen molar-refractivity contribution in [1.29, 1.82) is 0 Å². The Balaban J connectivity index is 1.62. The second-order valence-corrected chi connectivity index (χ2v) is 7.97. The summed E-state index contributed by atoms with van der Waals surface area (Å²) in [6.45, 7) is 1.84. The molecule has 1 amide bonds. The van der Waals surface area contributed by atoms with Crippen molar-refractivity contribution in [2.24, 2.45) is 0 Å². The SMILES string of the molecule is C[C@H](NC(=O)c1n[nH]c2ccccc12)c1cc2cccc(Cl)c2c(=O)n1-c1ccccc1. The minimum Gasteiger partial charge on any atom is -0.343 e. The van der Waals surface area contributed by atoms with E-state index < -0.39 is 6.04 Å². The minimum absolute atomic E-state index is 0.236. The molecule has 2 aromatic heterocycles. The summed E-state index contributed by atoms with van der Waals surface area (Å²) in [7, 11) is 0. The van der Waals surface area contributed by atoms with E-state index in [-0.39, 0.29) is 11.5 Å². The van der Waals surface area contributed by atoms with Crippen LogP contribution in [-0.2, 0) is 0 Å². The van der Waals surface area contributed by atoms with Crippen molar-refractivity contribution in [3.8, 4) is 5.69 Å². The van der Waals surface area contributed by atoms with Crippen LogP contribution in [0, 0.1) is 0 Å². The number of para-hydroxylation sites is 2. The lowest BCUT2D eigenvalue weighted by Gasteiger charge is -2.21. The third-order valence-electron chi connectivity index (χ3n) is 5.52. The molecule has 5 rings (SSSR count). The summed E-state index contributed by atoms with van der Waals surface area (Å²) in [6.07, 6.45) is 0. The zero-order valence-corrected chi connectivity index (χ0v) is 17.9. The van der Waals surface area contributed by atoms with Crippen molar-refractivity contribution >= 4 is 39.2 Å². The number of H-pyrrole nitrogens is 1. The van der Waals surface area contributed by atoms with Crippen LogP contribution in [-0.4, -0.2) is 20.7 Å². The summed E-state index contributed by atoms with van der Waals surface area (Å²) in [5.41, 5.74) is 2.20. The van der Waals surface area contributed by atoms with Crippen LogP contribution >= 0.6 is 11.6 Å². The number of rotatable bonds is 4. The number of fused-ring (bicyclic) bond motifs is 2. The quantitative estimate of drug-likeness (QED) is 0.410. The first-order valence-electron chi connectivity index (χ1n) is 10.2. The smallest absolute Gasteiger partial charge is 0.272 e. The Hall–Kier alpha value is -3.90. The lowest BCUT2D eigenvalue weighted by atomic mass is 10.1. The topological polar surface area (TPSA) is 79.8 Å². The molecule has 5 aromatic rings. The van der Waals surface area contributed by atoms with Gasteiger partial charge in [0.2, 0.25) is 0 Å². The highest BCUT2D eigenvalue weighted by Gasteiger charge is 2.21. The zero-order valence-electron chi connectivity index (χ0n) is 17.2. The normalized spacial score (nSPS) is 12.2. The van der Waals surface area contributed by atoms with Crippen LogP contribution in [0.2, 0.25) is 5.02 Å². The highest BCUT2D eigenvalue weighted by molar-refractivity contribution is 6.35. The molecule has 158 valence electrons. The van der Waals surface area contributed by atoms with Gasteiger partial charge < -0.3 is 5.32 Å². The standard InChI is InChI=1S/C25H19ClN4O2/c1-15(27-24(31)23-18-11-5-6-13-20(18)28-29-23)21-14-16-8-7-12-19(26)22(16)25(32)30(21)17-9-3-2-4-10-17/h2-15H,1H3,(H,27,31)(H,28,29)/t15-/m0/s1. The van der Waals surface area contributed by atoms with Crippen molar-refractivity contribution in [2.45, 2.75) is 13.0 Å². The van der Waals surface area contributed by atoms with Gasteiger partial charge in [-0.1, -0.05) is 60.1 Å². The number of carbonyl (C=O) groups excluding carboxylic acids is 1. The number of aromatic nitrogens is 3. The lowest BCUT2D eigenvalue weighted by molar-refractivity contribution is 0.0935. The van der Waals surface area contributed by atoms with E-state index in [0.717, 1.165) is 16.3 Å². The molecular weight excluding hydrogens is 424 g/mol. The van der Waals surface area contributed by atoms with Gasteiger partial charge in [0.1, 0.15) is 0 Å². The van der Waals surface area contributed by atoms with Crippen LogP contribution in [0.1, 0.15) is 29.1 Å².